The lowest BCUT2D eigenvalue weighted by Gasteiger charge is -2.32. The summed E-state index contributed by atoms with van der Waals surface area (Å²) in [6.45, 7) is 12.9. The Bertz CT molecular complexity index is 467. The van der Waals surface area contributed by atoms with E-state index in [-0.39, 0.29) is 30.3 Å². The molecule has 1 aromatic heterocycles. The van der Waals surface area contributed by atoms with E-state index in [1.54, 1.807) is 6.20 Å². The van der Waals surface area contributed by atoms with E-state index in [9.17, 15) is 5.11 Å². The first-order valence-electron chi connectivity index (χ1n) is 7.05. The molecule has 1 N–H and O–H groups in total. The van der Waals surface area contributed by atoms with Crippen molar-refractivity contribution in [1.82, 2.24) is 9.78 Å². The summed E-state index contributed by atoms with van der Waals surface area (Å²) < 4.78 is 13.8. The third-order valence-electron chi connectivity index (χ3n) is 4.20. The van der Waals surface area contributed by atoms with E-state index in [1.807, 2.05) is 52.4 Å². The predicted octanol–water partition coefficient (Wildman–Crippen LogP) is 1.20. The number of hydrogen-bond acceptors (Lipinski definition) is 4. The first kappa shape index (κ1) is 15.5. The van der Waals surface area contributed by atoms with Gasteiger partial charge in [-0.3, -0.25) is 4.68 Å². The van der Waals surface area contributed by atoms with Crippen LogP contribution in [0.25, 0.3) is 0 Å². The lowest BCUT2D eigenvalue weighted by molar-refractivity contribution is 0.00578. The van der Waals surface area contributed by atoms with Gasteiger partial charge in [0.05, 0.1) is 11.2 Å². The molecule has 20 heavy (non-hydrogen) atoms. The van der Waals surface area contributed by atoms with Gasteiger partial charge in [-0.15, -0.1) is 0 Å². The van der Waals surface area contributed by atoms with Crippen LogP contribution in [0, 0.1) is 5.41 Å². The van der Waals surface area contributed by atoms with Crippen molar-refractivity contribution in [1.29, 1.82) is 0 Å². The smallest absolute Gasteiger partial charge is 0.399 e. The molecule has 112 valence electrons. The Kier molecular flexibility index (Phi) is 3.78. The molecule has 1 fully saturated rings. The lowest BCUT2D eigenvalue weighted by Crippen LogP contribution is -2.41. The Hall–Kier alpha value is -0.845. The average Bonchev–Trinajstić information content (AvgIpc) is 2.82. The third-order valence-corrected chi connectivity index (χ3v) is 4.20. The number of aliphatic hydroxyl groups excluding tert-OH is 1. The molecule has 6 heteroatoms. The van der Waals surface area contributed by atoms with Crippen LogP contribution in [0.1, 0.15) is 41.5 Å². The van der Waals surface area contributed by atoms with Gasteiger partial charge in [-0.2, -0.15) is 5.10 Å². The number of nitrogens with zero attached hydrogens (tertiary/aromatic N) is 2. The van der Waals surface area contributed by atoms with Gasteiger partial charge in [-0.1, -0.05) is 13.8 Å². The van der Waals surface area contributed by atoms with E-state index in [0.717, 1.165) is 5.46 Å². The summed E-state index contributed by atoms with van der Waals surface area (Å²) in [6.07, 6.45) is 3.70. The molecule has 0 atom stereocenters. The first-order valence-corrected chi connectivity index (χ1v) is 7.05. The van der Waals surface area contributed by atoms with Crippen LogP contribution in [0.4, 0.5) is 0 Å². The van der Waals surface area contributed by atoms with Crippen LogP contribution in [-0.2, 0) is 15.9 Å². The molecule has 2 rings (SSSR count). The zero-order valence-electron chi connectivity index (χ0n) is 13.3. The van der Waals surface area contributed by atoms with E-state index in [0.29, 0.717) is 6.54 Å². The second kappa shape index (κ2) is 4.86. The summed E-state index contributed by atoms with van der Waals surface area (Å²) >= 11 is 0. The minimum absolute atomic E-state index is 0.124. The van der Waals surface area contributed by atoms with Gasteiger partial charge in [0.25, 0.3) is 0 Å². The maximum absolute atomic E-state index is 9.32. The molecule has 0 amide bonds. The monoisotopic (exact) mass is 280 g/mol. The zero-order chi connectivity index (χ0) is 15.2. The molecular formula is C14H25BN2O3. The molecule has 1 aliphatic heterocycles. The molecule has 0 aliphatic carbocycles. The topological polar surface area (TPSA) is 56.5 Å². The van der Waals surface area contributed by atoms with Gasteiger partial charge in [0, 0.05) is 36.4 Å². The molecule has 0 saturated carbocycles. The maximum Gasteiger partial charge on any atom is 0.498 e. The van der Waals surface area contributed by atoms with Crippen LogP contribution in [0.2, 0.25) is 0 Å². The highest BCUT2D eigenvalue weighted by molar-refractivity contribution is 6.61. The highest BCUT2D eigenvalue weighted by atomic mass is 16.7. The van der Waals surface area contributed by atoms with Gasteiger partial charge >= 0.3 is 7.12 Å². The third kappa shape index (κ3) is 2.92. The Morgan fingerprint density at radius 3 is 2.30 bits per heavy atom. The quantitative estimate of drug-likeness (QED) is 0.842. The Morgan fingerprint density at radius 1 is 1.25 bits per heavy atom. The highest BCUT2D eigenvalue weighted by Gasteiger charge is 2.52. The van der Waals surface area contributed by atoms with E-state index < -0.39 is 0 Å². The molecule has 5 nitrogen and oxygen atoms in total. The maximum atomic E-state index is 9.32. The molecule has 0 spiro atoms. The van der Waals surface area contributed by atoms with Crippen LogP contribution in [-0.4, -0.2) is 39.8 Å². The molecule has 1 aliphatic rings. The van der Waals surface area contributed by atoms with Crippen molar-refractivity contribution < 1.29 is 14.4 Å². The number of rotatable bonds is 4. The Balaban J connectivity index is 2.11. The van der Waals surface area contributed by atoms with Crippen molar-refractivity contribution in [2.75, 3.05) is 6.61 Å². The van der Waals surface area contributed by atoms with Gasteiger partial charge in [-0.05, 0) is 27.7 Å². The summed E-state index contributed by atoms with van der Waals surface area (Å²) in [5.74, 6) is 0. The first-order chi connectivity index (χ1) is 9.06. The molecule has 0 bridgehead atoms. The van der Waals surface area contributed by atoms with Crippen molar-refractivity contribution >= 4 is 12.6 Å². The zero-order valence-corrected chi connectivity index (χ0v) is 13.3. The summed E-state index contributed by atoms with van der Waals surface area (Å²) in [5.41, 5.74) is 0.0328. The van der Waals surface area contributed by atoms with Crippen molar-refractivity contribution in [2.45, 2.75) is 59.3 Å². The van der Waals surface area contributed by atoms with Crippen LogP contribution in [0.3, 0.4) is 0 Å². The van der Waals surface area contributed by atoms with Crippen molar-refractivity contribution in [3.8, 4) is 0 Å². The summed E-state index contributed by atoms with van der Waals surface area (Å²) in [6, 6.07) is 0. The van der Waals surface area contributed by atoms with Crippen LogP contribution < -0.4 is 5.46 Å². The summed E-state index contributed by atoms with van der Waals surface area (Å²) in [4.78, 5) is 0. The number of aliphatic hydroxyl groups is 1. The van der Waals surface area contributed by atoms with E-state index >= 15 is 0 Å². The fraction of sp³-hybridized carbons (Fsp3) is 0.786. The standard InChI is InChI=1S/C14H25BN2O3/c1-12(2,10-18)9-17-8-11(7-16-17)15-19-13(3,4)14(5,6)20-15/h7-8,18H,9-10H2,1-6H3. The fourth-order valence-electron chi connectivity index (χ4n) is 2.06. The molecule has 1 aromatic rings. The minimum Gasteiger partial charge on any atom is -0.399 e. The normalized spacial score (nSPS) is 21.4. The van der Waals surface area contributed by atoms with Gasteiger partial charge in [0.1, 0.15) is 0 Å². The Morgan fingerprint density at radius 2 is 1.80 bits per heavy atom. The number of hydrogen-bond donors (Lipinski definition) is 1. The second-order valence-corrected chi connectivity index (χ2v) is 7.38. The van der Waals surface area contributed by atoms with Crippen molar-refractivity contribution in [3.63, 3.8) is 0 Å². The largest absolute Gasteiger partial charge is 0.498 e. The minimum atomic E-state index is -0.383. The molecular weight excluding hydrogens is 255 g/mol. The van der Waals surface area contributed by atoms with Gasteiger partial charge in [0.15, 0.2) is 0 Å². The SMILES string of the molecule is CC(C)(CO)Cn1cc(B2OC(C)(C)C(C)(C)O2)cn1. The Labute approximate surface area is 121 Å². The summed E-state index contributed by atoms with van der Waals surface area (Å²) in [7, 11) is -0.383. The van der Waals surface area contributed by atoms with E-state index in [1.165, 1.54) is 0 Å². The second-order valence-electron chi connectivity index (χ2n) is 7.38. The highest BCUT2D eigenvalue weighted by Crippen LogP contribution is 2.36. The van der Waals surface area contributed by atoms with E-state index in [2.05, 4.69) is 5.10 Å². The molecule has 2 heterocycles. The van der Waals surface area contributed by atoms with Crippen LogP contribution in [0.15, 0.2) is 12.4 Å². The fourth-order valence-corrected chi connectivity index (χ4v) is 2.06. The lowest BCUT2D eigenvalue weighted by atomic mass is 9.82. The van der Waals surface area contributed by atoms with Crippen molar-refractivity contribution in [3.05, 3.63) is 12.4 Å². The average molecular weight is 280 g/mol. The molecule has 0 aromatic carbocycles. The van der Waals surface area contributed by atoms with Crippen LogP contribution >= 0.6 is 0 Å². The summed E-state index contributed by atoms with van der Waals surface area (Å²) in [5, 5.41) is 13.7. The van der Waals surface area contributed by atoms with Gasteiger partial charge in [-0.25, -0.2) is 0 Å². The molecule has 1 saturated heterocycles. The van der Waals surface area contributed by atoms with Crippen molar-refractivity contribution in [2.24, 2.45) is 5.41 Å². The number of aromatic nitrogens is 2. The van der Waals surface area contributed by atoms with E-state index in [4.69, 9.17) is 9.31 Å². The van der Waals surface area contributed by atoms with Gasteiger partial charge in [0.2, 0.25) is 0 Å². The predicted molar refractivity (Wildman–Crippen MR) is 78.8 cm³/mol. The molecule has 0 unspecified atom stereocenters. The molecule has 0 radical (unpaired) electrons. The van der Waals surface area contributed by atoms with Crippen LogP contribution in [0.5, 0.6) is 0 Å². The van der Waals surface area contributed by atoms with Gasteiger partial charge < -0.3 is 14.4 Å².